The van der Waals surface area contributed by atoms with Gasteiger partial charge in [0.15, 0.2) is 0 Å². The van der Waals surface area contributed by atoms with Crippen LogP contribution in [0.4, 0.5) is 0 Å². The van der Waals surface area contributed by atoms with Crippen molar-refractivity contribution in [3.8, 4) is 5.75 Å². The van der Waals surface area contributed by atoms with Crippen molar-refractivity contribution in [3.05, 3.63) is 29.8 Å². The molecule has 0 amide bonds. The largest absolute Gasteiger partial charge is 0.497 e. The van der Waals surface area contributed by atoms with Gasteiger partial charge in [0.25, 0.3) is 0 Å². The molecule has 0 heterocycles. The van der Waals surface area contributed by atoms with Gasteiger partial charge in [-0.2, -0.15) is 0 Å². The van der Waals surface area contributed by atoms with Crippen LogP contribution in [0.2, 0.25) is 0 Å². The Morgan fingerprint density at radius 2 is 2.30 bits per heavy atom. The molecule has 0 bridgehead atoms. The van der Waals surface area contributed by atoms with Crippen LogP contribution in [0.25, 0.3) is 0 Å². The maximum atomic E-state index is 5.05. The van der Waals surface area contributed by atoms with E-state index in [1.807, 2.05) is 18.2 Å². The van der Waals surface area contributed by atoms with Crippen LogP contribution in [0.3, 0.4) is 0 Å². The normalized spacial score (nSPS) is 9.40. The zero-order chi connectivity index (χ0) is 7.40. The zero-order valence-corrected chi connectivity index (χ0v) is 7.16. The number of rotatable bonds is 2. The van der Waals surface area contributed by atoms with Crippen molar-refractivity contribution in [2.24, 2.45) is 0 Å². The Balaban J connectivity index is 2.87. The molecule has 0 N–H and O–H groups in total. The molecule has 0 aliphatic carbocycles. The number of ether oxygens (including phenoxy) is 1. The lowest BCUT2D eigenvalue weighted by atomic mass is 10.2. The van der Waals surface area contributed by atoms with Gasteiger partial charge in [0.05, 0.1) is 7.11 Å². The number of methoxy groups -OCH3 is 1. The average Bonchev–Trinajstić information content (AvgIpc) is 2.05. The maximum absolute atomic E-state index is 5.05. The smallest absolute Gasteiger partial charge is 0.119 e. The summed E-state index contributed by atoms with van der Waals surface area (Å²) < 4.78 is 5.05. The fraction of sp³-hybridized carbons (Fsp3) is 0.250. The van der Waals surface area contributed by atoms with Gasteiger partial charge in [-0.3, -0.25) is 0 Å². The zero-order valence-electron chi connectivity index (χ0n) is 6.00. The molecule has 1 nitrogen and oxygen atoms in total. The van der Waals surface area contributed by atoms with Crippen LogP contribution in [-0.4, -0.2) is 7.11 Å². The predicted molar refractivity (Wildman–Crippen MR) is 46.4 cm³/mol. The summed E-state index contributed by atoms with van der Waals surface area (Å²) in [7, 11) is 4.36. The van der Waals surface area contributed by atoms with E-state index in [9.17, 15) is 0 Å². The fourth-order valence-electron chi connectivity index (χ4n) is 0.799. The van der Waals surface area contributed by atoms with Gasteiger partial charge < -0.3 is 4.74 Å². The van der Waals surface area contributed by atoms with Crippen molar-refractivity contribution < 1.29 is 4.74 Å². The van der Waals surface area contributed by atoms with E-state index in [4.69, 9.17) is 4.74 Å². The highest BCUT2D eigenvalue weighted by Gasteiger charge is 1.90. The third-order valence-electron chi connectivity index (χ3n) is 1.37. The molecule has 0 radical (unpaired) electrons. The van der Waals surface area contributed by atoms with Crippen molar-refractivity contribution in [3.63, 3.8) is 0 Å². The quantitative estimate of drug-likeness (QED) is 0.592. The predicted octanol–water partition coefficient (Wildman–Crippen LogP) is 2.07. The molecular weight excluding hydrogens is 143 g/mol. The molecule has 0 aromatic heterocycles. The molecule has 2 heteroatoms. The lowest BCUT2D eigenvalue weighted by Gasteiger charge is -2.00. The van der Waals surface area contributed by atoms with Gasteiger partial charge in [0.1, 0.15) is 5.75 Å². The topological polar surface area (TPSA) is 9.23 Å². The third-order valence-corrected chi connectivity index (χ3v) is 1.84. The molecule has 54 valence electrons. The summed E-state index contributed by atoms with van der Waals surface area (Å²) in [6, 6.07) is 8.06. The van der Waals surface area contributed by atoms with Gasteiger partial charge in [-0.1, -0.05) is 12.1 Å². The molecule has 0 spiro atoms. The van der Waals surface area contributed by atoms with Gasteiger partial charge in [-0.25, -0.2) is 0 Å². The molecule has 1 aromatic carbocycles. The first kappa shape index (κ1) is 7.56. The van der Waals surface area contributed by atoms with E-state index in [0.717, 1.165) is 11.9 Å². The molecular formula is C8H11OP. The second-order valence-electron chi connectivity index (χ2n) is 2.06. The van der Waals surface area contributed by atoms with E-state index in [1.54, 1.807) is 7.11 Å². The van der Waals surface area contributed by atoms with Crippen LogP contribution >= 0.6 is 9.24 Å². The Hall–Kier alpha value is -0.550. The van der Waals surface area contributed by atoms with Crippen molar-refractivity contribution in [2.45, 2.75) is 6.16 Å². The SMILES string of the molecule is COc1cccc(CP)c1. The minimum Gasteiger partial charge on any atom is -0.497 e. The van der Waals surface area contributed by atoms with Gasteiger partial charge >= 0.3 is 0 Å². The first-order valence-corrected chi connectivity index (χ1v) is 4.01. The second kappa shape index (κ2) is 3.58. The monoisotopic (exact) mass is 154 g/mol. The summed E-state index contributed by atoms with van der Waals surface area (Å²) in [5.41, 5.74) is 1.28. The van der Waals surface area contributed by atoms with Crippen LogP contribution in [0, 0.1) is 0 Å². The van der Waals surface area contributed by atoms with Crippen molar-refractivity contribution >= 4 is 9.24 Å². The molecule has 1 unspecified atom stereocenters. The van der Waals surface area contributed by atoms with Crippen LogP contribution in [0.1, 0.15) is 5.56 Å². The highest BCUT2D eigenvalue weighted by Crippen LogP contribution is 2.14. The van der Waals surface area contributed by atoms with Gasteiger partial charge in [0, 0.05) is 0 Å². The number of benzene rings is 1. The summed E-state index contributed by atoms with van der Waals surface area (Å²) in [6.07, 6.45) is 0.983. The molecule has 0 aliphatic heterocycles. The van der Waals surface area contributed by atoms with E-state index >= 15 is 0 Å². The van der Waals surface area contributed by atoms with Crippen molar-refractivity contribution in [1.29, 1.82) is 0 Å². The first-order valence-electron chi connectivity index (χ1n) is 3.20. The second-order valence-corrected chi connectivity index (χ2v) is 2.46. The highest BCUT2D eigenvalue weighted by molar-refractivity contribution is 7.15. The molecule has 10 heavy (non-hydrogen) atoms. The molecule has 0 aliphatic rings. The Labute approximate surface area is 63.6 Å². The van der Waals surface area contributed by atoms with E-state index in [0.29, 0.717) is 0 Å². The number of hydrogen-bond acceptors (Lipinski definition) is 1. The molecule has 0 saturated carbocycles. The summed E-state index contributed by atoms with van der Waals surface area (Å²) in [6.45, 7) is 0. The lowest BCUT2D eigenvalue weighted by Crippen LogP contribution is -1.83. The lowest BCUT2D eigenvalue weighted by molar-refractivity contribution is 0.414. The maximum Gasteiger partial charge on any atom is 0.119 e. The van der Waals surface area contributed by atoms with E-state index in [1.165, 1.54) is 5.56 Å². The van der Waals surface area contributed by atoms with E-state index in [-0.39, 0.29) is 0 Å². The third kappa shape index (κ3) is 1.71. The summed E-state index contributed by atoms with van der Waals surface area (Å²) >= 11 is 0. The number of hydrogen-bond donors (Lipinski definition) is 0. The summed E-state index contributed by atoms with van der Waals surface area (Å²) in [5.74, 6) is 0.931. The van der Waals surface area contributed by atoms with Crippen molar-refractivity contribution in [2.75, 3.05) is 7.11 Å². The minimum absolute atomic E-state index is 0.931. The molecule has 0 fully saturated rings. The Kier molecular flexibility index (Phi) is 2.70. The summed E-state index contributed by atoms with van der Waals surface area (Å²) in [5, 5.41) is 0. The van der Waals surface area contributed by atoms with E-state index in [2.05, 4.69) is 15.3 Å². The van der Waals surface area contributed by atoms with Crippen LogP contribution in [0.15, 0.2) is 24.3 Å². The molecule has 1 aromatic rings. The molecule has 0 saturated heterocycles. The average molecular weight is 154 g/mol. The Morgan fingerprint density at radius 1 is 1.50 bits per heavy atom. The van der Waals surface area contributed by atoms with Gasteiger partial charge in [-0.15, -0.1) is 9.24 Å². The fourth-order valence-corrected chi connectivity index (χ4v) is 1.05. The Bertz CT molecular complexity index is 191. The van der Waals surface area contributed by atoms with Gasteiger partial charge in [0.2, 0.25) is 0 Å². The Morgan fingerprint density at radius 3 is 2.90 bits per heavy atom. The molecule has 1 atom stereocenters. The highest BCUT2D eigenvalue weighted by atomic mass is 31.0. The van der Waals surface area contributed by atoms with Crippen LogP contribution in [0.5, 0.6) is 5.75 Å². The molecule has 1 rings (SSSR count). The standard InChI is InChI=1S/C8H11OP/c1-9-8-4-2-3-7(5-8)6-10/h2-5H,6,10H2,1H3. The van der Waals surface area contributed by atoms with Gasteiger partial charge in [-0.05, 0) is 23.9 Å². The van der Waals surface area contributed by atoms with E-state index < -0.39 is 0 Å². The van der Waals surface area contributed by atoms with Crippen LogP contribution in [-0.2, 0) is 6.16 Å². The van der Waals surface area contributed by atoms with Crippen LogP contribution < -0.4 is 4.74 Å². The minimum atomic E-state index is 0.931. The first-order chi connectivity index (χ1) is 4.86. The van der Waals surface area contributed by atoms with Crippen molar-refractivity contribution in [1.82, 2.24) is 0 Å². The summed E-state index contributed by atoms with van der Waals surface area (Å²) in [4.78, 5) is 0.